The Morgan fingerprint density at radius 3 is 2.16 bits per heavy atom. The van der Waals surface area contributed by atoms with E-state index in [4.69, 9.17) is 11.6 Å². The Morgan fingerprint density at radius 2 is 1.55 bits per heavy atom. The molecule has 0 radical (unpaired) electrons. The zero-order valence-electron chi connectivity index (χ0n) is 21.5. The van der Waals surface area contributed by atoms with E-state index in [0.29, 0.717) is 14.9 Å². The van der Waals surface area contributed by atoms with Gasteiger partial charge in [0, 0.05) is 24.0 Å². The molecule has 38 heavy (non-hydrogen) atoms. The zero-order chi connectivity index (χ0) is 27.9. The quantitative estimate of drug-likeness (QED) is 0.377. The standard InChI is InChI=1S/C28H31ClFN3O4S/c1-20(2)31-28(35)26(17-21-11-5-4-6-12-21)32(18-22-13-7-8-14-23(22)29)27(34)19-33(38(3,36)37)25-16-10-9-15-24(25)30/h4-16,20,26H,17-19H2,1-3H3,(H,31,35). The maximum absolute atomic E-state index is 14.6. The second-order valence-electron chi connectivity index (χ2n) is 9.20. The molecule has 0 bridgehead atoms. The fourth-order valence-electron chi connectivity index (χ4n) is 3.99. The maximum atomic E-state index is 14.6. The van der Waals surface area contributed by atoms with Crippen LogP contribution in [0, 0.1) is 5.82 Å². The lowest BCUT2D eigenvalue weighted by molar-refractivity contribution is -0.140. The van der Waals surface area contributed by atoms with Crippen molar-refractivity contribution in [1.82, 2.24) is 10.2 Å². The van der Waals surface area contributed by atoms with Crippen LogP contribution >= 0.6 is 11.6 Å². The number of carbonyl (C=O) groups excluding carboxylic acids is 2. The molecule has 7 nitrogen and oxygen atoms in total. The Hall–Kier alpha value is -3.43. The molecule has 1 unspecified atom stereocenters. The molecule has 1 atom stereocenters. The van der Waals surface area contributed by atoms with Gasteiger partial charge in [0.2, 0.25) is 21.8 Å². The molecular formula is C28H31ClFN3O4S. The van der Waals surface area contributed by atoms with E-state index in [1.165, 1.54) is 23.1 Å². The summed E-state index contributed by atoms with van der Waals surface area (Å²) in [4.78, 5) is 28.7. The zero-order valence-corrected chi connectivity index (χ0v) is 23.0. The van der Waals surface area contributed by atoms with Gasteiger partial charge in [0.1, 0.15) is 18.4 Å². The van der Waals surface area contributed by atoms with Gasteiger partial charge in [-0.15, -0.1) is 0 Å². The van der Waals surface area contributed by atoms with Gasteiger partial charge in [-0.1, -0.05) is 72.3 Å². The number of nitrogens with one attached hydrogen (secondary N) is 1. The average molecular weight is 560 g/mol. The van der Waals surface area contributed by atoms with Gasteiger partial charge in [-0.3, -0.25) is 13.9 Å². The fourth-order valence-corrected chi connectivity index (χ4v) is 5.04. The summed E-state index contributed by atoms with van der Waals surface area (Å²) in [6.45, 7) is 2.85. The minimum atomic E-state index is -4.05. The van der Waals surface area contributed by atoms with Gasteiger partial charge in [-0.25, -0.2) is 12.8 Å². The predicted molar refractivity (Wildman–Crippen MR) is 148 cm³/mol. The molecule has 3 aromatic carbocycles. The fraction of sp³-hybridized carbons (Fsp3) is 0.286. The molecule has 1 N–H and O–H groups in total. The number of hydrogen-bond acceptors (Lipinski definition) is 4. The highest BCUT2D eigenvalue weighted by Gasteiger charge is 2.34. The third-order valence-electron chi connectivity index (χ3n) is 5.80. The lowest BCUT2D eigenvalue weighted by Crippen LogP contribution is -2.54. The summed E-state index contributed by atoms with van der Waals surface area (Å²) >= 11 is 6.40. The summed E-state index contributed by atoms with van der Waals surface area (Å²) in [7, 11) is -4.05. The molecule has 0 spiro atoms. The number of rotatable bonds is 11. The van der Waals surface area contributed by atoms with Crippen molar-refractivity contribution in [1.29, 1.82) is 0 Å². The summed E-state index contributed by atoms with van der Waals surface area (Å²) in [6, 6.07) is 20.2. The first-order valence-corrected chi connectivity index (χ1v) is 14.3. The number of hydrogen-bond donors (Lipinski definition) is 1. The van der Waals surface area contributed by atoms with Crippen molar-refractivity contribution >= 4 is 39.1 Å². The van der Waals surface area contributed by atoms with E-state index in [1.54, 1.807) is 38.1 Å². The first kappa shape index (κ1) is 29.1. The van der Waals surface area contributed by atoms with E-state index in [9.17, 15) is 22.4 Å². The monoisotopic (exact) mass is 559 g/mol. The Bertz CT molecular complexity index is 1370. The predicted octanol–water partition coefficient (Wildman–Crippen LogP) is 4.41. The van der Waals surface area contributed by atoms with E-state index in [1.807, 2.05) is 30.3 Å². The van der Waals surface area contributed by atoms with Crippen molar-refractivity contribution in [3.05, 3.63) is 101 Å². The van der Waals surface area contributed by atoms with Crippen LogP contribution in [-0.4, -0.2) is 50.0 Å². The van der Waals surface area contributed by atoms with Crippen LogP contribution in [0.2, 0.25) is 5.02 Å². The second kappa shape index (κ2) is 12.9. The van der Waals surface area contributed by atoms with E-state index >= 15 is 0 Å². The number of sulfonamides is 1. The summed E-state index contributed by atoms with van der Waals surface area (Å²) in [5.41, 5.74) is 1.13. The first-order chi connectivity index (χ1) is 18.0. The molecule has 0 aliphatic carbocycles. The van der Waals surface area contributed by atoms with E-state index in [0.717, 1.165) is 17.9 Å². The number of halogens is 2. The Kier molecular flexibility index (Phi) is 9.88. The van der Waals surface area contributed by atoms with Gasteiger partial charge in [-0.05, 0) is 43.2 Å². The molecule has 0 aliphatic heterocycles. The van der Waals surface area contributed by atoms with E-state index < -0.39 is 40.2 Å². The number of anilines is 1. The highest BCUT2D eigenvalue weighted by Crippen LogP contribution is 2.24. The normalized spacial score (nSPS) is 12.2. The summed E-state index contributed by atoms with van der Waals surface area (Å²) < 4.78 is 40.7. The summed E-state index contributed by atoms with van der Waals surface area (Å²) in [6.07, 6.45) is 1.08. The molecule has 0 aliphatic rings. The minimum Gasteiger partial charge on any atom is -0.352 e. The molecule has 202 valence electrons. The van der Waals surface area contributed by atoms with Gasteiger partial charge < -0.3 is 10.2 Å². The number of benzene rings is 3. The number of para-hydroxylation sites is 1. The van der Waals surface area contributed by atoms with Crippen LogP contribution in [0.3, 0.4) is 0 Å². The Labute approximate surface area is 228 Å². The van der Waals surface area contributed by atoms with Gasteiger partial charge in [0.05, 0.1) is 11.9 Å². The highest BCUT2D eigenvalue weighted by molar-refractivity contribution is 7.92. The van der Waals surface area contributed by atoms with Crippen molar-refractivity contribution in [2.75, 3.05) is 17.1 Å². The van der Waals surface area contributed by atoms with E-state index in [2.05, 4.69) is 5.32 Å². The van der Waals surface area contributed by atoms with Gasteiger partial charge in [0.15, 0.2) is 0 Å². The van der Waals surface area contributed by atoms with Gasteiger partial charge in [0.25, 0.3) is 0 Å². The molecule has 3 rings (SSSR count). The second-order valence-corrected chi connectivity index (χ2v) is 11.5. The van der Waals surface area contributed by atoms with Crippen molar-refractivity contribution in [3.8, 4) is 0 Å². The largest absolute Gasteiger partial charge is 0.352 e. The lowest BCUT2D eigenvalue weighted by atomic mass is 10.0. The molecular weight excluding hydrogens is 529 g/mol. The lowest BCUT2D eigenvalue weighted by Gasteiger charge is -2.34. The minimum absolute atomic E-state index is 0.0591. The SMILES string of the molecule is CC(C)NC(=O)C(Cc1ccccc1)N(Cc1ccccc1Cl)C(=O)CN(c1ccccc1F)S(C)(=O)=O. The summed E-state index contributed by atoms with van der Waals surface area (Å²) in [5, 5.41) is 3.26. The van der Waals surface area contributed by atoms with Crippen LogP contribution in [0.5, 0.6) is 0 Å². The molecule has 0 saturated heterocycles. The molecule has 2 amide bonds. The number of carbonyl (C=O) groups is 2. The van der Waals surface area contributed by atoms with Crippen LogP contribution in [0.1, 0.15) is 25.0 Å². The van der Waals surface area contributed by atoms with Crippen LogP contribution in [0.15, 0.2) is 78.9 Å². The molecule has 10 heteroatoms. The van der Waals surface area contributed by atoms with Crippen molar-refractivity contribution in [3.63, 3.8) is 0 Å². The van der Waals surface area contributed by atoms with Crippen molar-refractivity contribution in [2.45, 2.75) is 38.9 Å². The molecule has 0 saturated carbocycles. The third kappa shape index (κ3) is 7.79. The van der Waals surface area contributed by atoms with Crippen molar-refractivity contribution in [2.24, 2.45) is 0 Å². The molecule has 3 aromatic rings. The van der Waals surface area contributed by atoms with Crippen LogP contribution in [-0.2, 0) is 32.6 Å². The van der Waals surface area contributed by atoms with Crippen LogP contribution in [0.4, 0.5) is 10.1 Å². The topological polar surface area (TPSA) is 86.8 Å². The molecule has 0 fully saturated rings. The maximum Gasteiger partial charge on any atom is 0.244 e. The number of nitrogens with zero attached hydrogens (tertiary/aromatic N) is 2. The molecule has 0 heterocycles. The Balaban J connectivity index is 2.08. The molecule has 0 aromatic heterocycles. The highest BCUT2D eigenvalue weighted by atomic mass is 35.5. The van der Waals surface area contributed by atoms with Crippen LogP contribution < -0.4 is 9.62 Å². The number of amides is 2. The third-order valence-corrected chi connectivity index (χ3v) is 7.30. The summed E-state index contributed by atoms with van der Waals surface area (Å²) in [5.74, 6) is -1.87. The average Bonchev–Trinajstić information content (AvgIpc) is 2.85. The smallest absolute Gasteiger partial charge is 0.244 e. The van der Waals surface area contributed by atoms with Crippen molar-refractivity contribution < 1.29 is 22.4 Å². The van der Waals surface area contributed by atoms with Gasteiger partial charge in [-0.2, -0.15) is 0 Å². The van der Waals surface area contributed by atoms with E-state index in [-0.39, 0.29) is 24.7 Å². The first-order valence-electron chi connectivity index (χ1n) is 12.1. The van der Waals surface area contributed by atoms with Crippen LogP contribution in [0.25, 0.3) is 0 Å². The Morgan fingerprint density at radius 1 is 0.947 bits per heavy atom. The van der Waals surface area contributed by atoms with Gasteiger partial charge >= 0.3 is 0 Å².